The minimum atomic E-state index is -0.886. The van der Waals surface area contributed by atoms with E-state index in [9.17, 15) is 20.1 Å². The van der Waals surface area contributed by atoms with E-state index in [-0.39, 0.29) is 12.0 Å². The van der Waals surface area contributed by atoms with Crippen molar-refractivity contribution in [2.24, 2.45) is 23.7 Å². The first-order valence-corrected chi connectivity index (χ1v) is 11.4. The summed E-state index contributed by atoms with van der Waals surface area (Å²) in [5.41, 5.74) is 2.48. The van der Waals surface area contributed by atoms with Crippen LogP contribution in [0.1, 0.15) is 68.3 Å². The zero-order valence-corrected chi connectivity index (χ0v) is 18.2. The quantitative estimate of drug-likeness (QED) is 0.472. The Hall–Kier alpha value is -1.91. The molecule has 0 aliphatic heterocycles. The fourth-order valence-corrected chi connectivity index (χ4v) is 5.28. The molecule has 0 amide bonds. The molecule has 0 radical (unpaired) electrons. The predicted octanol–water partition coefficient (Wildman–Crippen LogP) is 5.00. The average Bonchev–Trinajstić information content (AvgIpc) is 3.21. The van der Waals surface area contributed by atoms with E-state index in [4.69, 9.17) is 0 Å². The van der Waals surface area contributed by atoms with Gasteiger partial charge in [-0.05, 0) is 55.1 Å². The number of carbonyl (C=O) groups is 1. The van der Waals surface area contributed by atoms with Gasteiger partial charge < -0.3 is 15.3 Å². The molecule has 164 valence electrons. The molecule has 1 aromatic rings. The van der Waals surface area contributed by atoms with Crippen LogP contribution in [0.3, 0.4) is 0 Å². The Labute approximate surface area is 180 Å². The topological polar surface area (TPSA) is 77.8 Å². The number of carboxylic acid groups (broad SMARTS) is 1. The molecule has 4 heteroatoms. The number of allylic oxidation sites excluding steroid dienone is 2. The number of aliphatic hydroxyl groups excluding tert-OH is 2. The lowest BCUT2D eigenvalue weighted by atomic mass is 9.87. The van der Waals surface area contributed by atoms with Gasteiger partial charge in [0, 0.05) is 5.92 Å². The highest BCUT2D eigenvalue weighted by Crippen LogP contribution is 2.48. The summed E-state index contributed by atoms with van der Waals surface area (Å²) < 4.78 is 0. The minimum Gasteiger partial charge on any atom is -0.478 e. The molecule has 0 saturated heterocycles. The van der Waals surface area contributed by atoms with Gasteiger partial charge >= 0.3 is 5.97 Å². The van der Waals surface area contributed by atoms with Gasteiger partial charge in [-0.2, -0.15) is 0 Å². The van der Waals surface area contributed by atoms with Gasteiger partial charge in [0.15, 0.2) is 0 Å². The van der Waals surface area contributed by atoms with Crippen molar-refractivity contribution in [2.75, 3.05) is 0 Å². The lowest BCUT2D eigenvalue weighted by Crippen LogP contribution is -2.18. The zero-order chi connectivity index (χ0) is 21.7. The fourth-order valence-electron chi connectivity index (χ4n) is 5.28. The molecule has 1 fully saturated rings. The number of hydrogen-bond acceptors (Lipinski definition) is 3. The number of hydrogen-bond donors (Lipinski definition) is 3. The van der Waals surface area contributed by atoms with Crippen LogP contribution in [-0.4, -0.2) is 33.5 Å². The summed E-state index contributed by atoms with van der Waals surface area (Å²) in [4.78, 5) is 11.5. The van der Waals surface area contributed by atoms with Crippen LogP contribution < -0.4 is 0 Å². The summed E-state index contributed by atoms with van der Waals surface area (Å²) >= 11 is 0. The highest BCUT2D eigenvalue weighted by Gasteiger charge is 2.43. The third-order valence-electron chi connectivity index (χ3n) is 6.87. The Morgan fingerprint density at radius 2 is 2.07 bits per heavy atom. The molecule has 1 unspecified atom stereocenters. The summed E-state index contributed by atoms with van der Waals surface area (Å²) in [5.74, 6) is 0.344. The largest absolute Gasteiger partial charge is 0.478 e. The van der Waals surface area contributed by atoms with E-state index in [1.54, 1.807) is 12.1 Å². The van der Waals surface area contributed by atoms with Crippen LogP contribution in [0.4, 0.5) is 0 Å². The van der Waals surface area contributed by atoms with E-state index in [2.05, 4.69) is 19.9 Å². The number of aromatic carboxylic acids is 1. The molecule has 2 aliphatic rings. The molecule has 1 saturated carbocycles. The average molecular weight is 413 g/mol. The fraction of sp³-hybridized carbons (Fsp3) is 0.577. The number of fused-ring (bicyclic) bond motifs is 1. The molecule has 0 bridgehead atoms. The molecule has 3 N–H and O–H groups in total. The van der Waals surface area contributed by atoms with Gasteiger partial charge in [0.1, 0.15) is 0 Å². The molecule has 6 atom stereocenters. The van der Waals surface area contributed by atoms with Crippen LogP contribution in [0.25, 0.3) is 0 Å². The molecule has 0 aromatic heterocycles. The smallest absolute Gasteiger partial charge is 0.335 e. The second-order valence-electron chi connectivity index (χ2n) is 9.31. The summed E-state index contributed by atoms with van der Waals surface area (Å²) in [7, 11) is 0. The van der Waals surface area contributed by atoms with Crippen LogP contribution in [0.2, 0.25) is 0 Å². The maximum Gasteiger partial charge on any atom is 0.335 e. The summed E-state index contributed by atoms with van der Waals surface area (Å²) in [6.07, 6.45) is 11.9. The Morgan fingerprint density at radius 3 is 2.80 bits per heavy atom. The van der Waals surface area contributed by atoms with Crippen molar-refractivity contribution in [1.29, 1.82) is 0 Å². The Bertz CT molecular complexity index is 781. The third kappa shape index (κ3) is 5.61. The second-order valence-corrected chi connectivity index (χ2v) is 9.31. The van der Waals surface area contributed by atoms with Gasteiger partial charge in [-0.1, -0.05) is 75.1 Å². The van der Waals surface area contributed by atoms with E-state index >= 15 is 0 Å². The van der Waals surface area contributed by atoms with E-state index in [1.165, 1.54) is 18.4 Å². The number of unbranched alkanes of at least 4 members (excludes halogenated alkanes) is 1. The van der Waals surface area contributed by atoms with E-state index in [0.29, 0.717) is 29.7 Å². The van der Waals surface area contributed by atoms with Crippen molar-refractivity contribution >= 4 is 5.97 Å². The predicted molar refractivity (Wildman–Crippen MR) is 119 cm³/mol. The number of rotatable bonds is 10. The molecule has 3 rings (SSSR count). The number of benzene rings is 1. The first-order chi connectivity index (χ1) is 14.4. The molecular weight excluding hydrogens is 376 g/mol. The lowest BCUT2D eigenvalue weighted by Gasteiger charge is -2.19. The Kier molecular flexibility index (Phi) is 7.90. The molecular formula is C26H36O4. The first kappa shape index (κ1) is 22.8. The zero-order valence-electron chi connectivity index (χ0n) is 18.2. The van der Waals surface area contributed by atoms with Crippen molar-refractivity contribution in [1.82, 2.24) is 0 Å². The Balaban J connectivity index is 1.59. The van der Waals surface area contributed by atoms with Gasteiger partial charge in [0.2, 0.25) is 0 Å². The minimum absolute atomic E-state index is 0.0547. The van der Waals surface area contributed by atoms with Crippen molar-refractivity contribution in [3.05, 3.63) is 59.2 Å². The summed E-state index contributed by atoms with van der Waals surface area (Å²) in [5, 5.41) is 30.4. The van der Waals surface area contributed by atoms with E-state index < -0.39 is 12.1 Å². The molecule has 30 heavy (non-hydrogen) atoms. The summed E-state index contributed by atoms with van der Waals surface area (Å²) in [6, 6.07) is 7.19. The molecule has 0 heterocycles. The van der Waals surface area contributed by atoms with Crippen LogP contribution in [-0.2, 0) is 6.42 Å². The summed E-state index contributed by atoms with van der Waals surface area (Å²) in [6.45, 7) is 4.38. The molecule has 2 aliphatic carbocycles. The third-order valence-corrected chi connectivity index (χ3v) is 6.87. The van der Waals surface area contributed by atoms with Crippen molar-refractivity contribution in [3.63, 3.8) is 0 Å². The highest BCUT2D eigenvalue weighted by molar-refractivity contribution is 5.89. The SMILES string of the molecule is CCCCC(C)C[C@H](O)/C=C/[C@H]1[C@H]2CC(Cc3ccccc3C(=O)O)=C[C@H]2C[C@H]1O. The van der Waals surface area contributed by atoms with Gasteiger partial charge in [0.25, 0.3) is 0 Å². The molecule has 0 spiro atoms. The number of aliphatic hydroxyl groups is 2. The van der Waals surface area contributed by atoms with Crippen LogP contribution in [0, 0.1) is 23.7 Å². The second kappa shape index (κ2) is 10.4. The van der Waals surface area contributed by atoms with Crippen LogP contribution in [0.15, 0.2) is 48.1 Å². The normalized spacial score (nSPS) is 27.8. The van der Waals surface area contributed by atoms with Gasteiger partial charge in [-0.3, -0.25) is 0 Å². The number of carboxylic acids is 1. The van der Waals surface area contributed by atoms with E-state index in [1.807, 2.05) is 24.3 Å². The van der Waals surface area contributed by atoms with Gasteiger partial charge in [-0.25, -0.2) is 4.79 Å². The Morgan fingerprint density at radius 1 is 1.30 bits per heavy atom. The standard InChI is InChI=1S/C26H36O4/c1-3-4-7-17(2)12-21(27)10-11-23-24-15-18(14-20(24)16-25(23)28)13-19-8-5-6-9-22(19)26(29)30/h5-6,8-11,14,17,20-21,23-25,27-28H,3-4,7,12-13,15-16H2,1-2H3,(H,29,30)/b11-10+/t17?,20-,21+,23-,24-,25+/m0/s1. The highest BCUT2D eigenvalue weighted by atomic mass is 16.4. The van der Waals surface area contributed by atoms with Gasteiger partial charge in [-0.15, -0.1) is 0 Å². The molecule has 4 nitrogen and oxygen atoms in total. The maximum atomic E-state index is 11.5. The van der Waals surface area contributed by atoms with Crippen molar-refractivity contribution in [2.45, 2.75) is 71.0 Å². The van der Waals surface area contributed by atoms with Crippen molar-refractivity contribution in [3.8, 4) is 0 Å². The van der Waals surface area contributed by atoms with Gasteiger partial charge in [0.05, 0.1) is 17.8 Å². The lowest BCUT2D eigenvalue weighted by molar-refractivity contribution is 0.0696. The first-order valence-electron chi connectivity index (χ1n) is 11.4. The van der Waals surface area contributed by atoms with Crippen LogP contribution in [0.5, 0.6) is 0 Å². The molecule has 1 aromatic carbocycles. The monoisotopic (exact) mass is 412 g/mol. The van der Waals surface area contributed by atoms with Crippen molar-refractivity contribution < 1.29 is 20.1 Å². The maximum absolute atomic E-state index is 11.5. The van der Waals surface area contributed by atoms with Crippen LogP contribution >= 0.6 is 0 Å². The van der Waals surface area contributed by atoms with E-state index in [0.717, 1.165) is 31.2 Å².